The second kappa shape index (κ2) is 13.1. The number of aromatic nitrogens is 8. The van der Waals surface area contributed by atoms with Gasteiger partial charge in [0.05, 0.1) is 33.9 Å². The van der Waals surface area contributed by atoms with Crippen LogP contribution >= 0.6 is 11.3 Å². The lowest BCUT2D eigenvalue weighted by Gasteiger charge is -2.17. The number of carboxylic acid groups (broad SMARTS) is 1. The highest BCUT2D eigenvalue weighted by Gasteiger charge is 2.22. The molecule has 19 heteroatoms. The molecule has 0 spiro atoms. The zero-order valence-electron chi connectivity index (χ0n) is 23.8. The van der Waals surface area contributed by atoms with Crippen molar-refractivity contribution in [2.45, 2.75) is 25.4 Å². The first-order chi connectivity index (χ1) is 21.6. The van der Waals surface area contributed by atoms with Crippen LogP contribution in [0.3, 0.4) is 0 Å². The Bertz CT molecular complexity index is 1860. The number of hydrogen-bond acceptors (Lipinski definition) is 15. The van der Waals surface area contributed by atoms with E-state index < -0.39 is 23.8 Å². The number of benzene rings is 1. The molecule has 45 heavy (non-hydrogen) atoms. The van der Waals surface area contributed by atoms with Gasteiger partial charge in [-0.1, -0.05) is 0 Å². The van der Waals surface area contributed by atoms with Gasteiger partial charge in [-0.15, -0.1) is 21.5 Å². The summed E-state index contributed by atoms with van der Waals surface area (Å²) in [6.45, 7) is 0.496. The second-order valence-electron chi connectivity index (χ2n) is 9.80. The first kappa shape index (κ1) is 30.5. The van der Waals surface area contributed by atoms with E-state index in [-0.39, 0.29) is 48.2 Å². The van der Waals surface area contributed by atoms with Crippen molar-refractivity contribution in [1.29, 1.82) is 0 Å². The maximum absolute atomic E-state index is 12.9. The number of fused-ring (bicyclic) bond motifs is 1. The van der Waals surface area contributed by atoms with E-state index in [2.05, 4.69) is 51.2 Å². The van der Waals surface area contributed by atoms with E-state index in [1.54, 1.807) is 36.5 Å². The fourth-order valence-electron chi connectivity index (χ4n) is 4.35. The Morgan fingerprint density at radius 1 is 1.09 bits per heavy atom. The second-order valence-corrected chi connectivity index (χ2v) is 10.9. The van der Waals surface area contributed by atoms with E-state index in [4.69, 9.17) is 17.2 Å². The molecule has 0 radical (unpaired) electrons. The third kappa shape index (κ3) is 7.16. The number of aromatic amines is 1. The van der Waals surface area contributed by atoms with Crippen molar-refractivity contribution in [2.75, 3.05) is 35.7 Å². The van der Waals surface area contributed by atoms with E-state index in [0.29, 0.717) is 33.9 Å². The number of aliphatic carboxylic acids is 1. The minimum atomic E-state index is -1.19. The predicted molar refractivity (Wildman–Crippen MR) is 165 cm³/mol. The van der Waals surface area contributed by atoms with Gasteiger partial charge in [-0.05, 0) is 48.4 Å². The molecule has 0 aliphatic carbocycles. The predicted octanol–water partition coefficient (Wildman–Crippen LogP) is 0.438. The van der Waals surface area contributed by atoms with Crippen LogP contribution in [0, 0.1) is 0 Å². The number of rotatable bonds is 12. The molecule has 0 aliphatic rings. The summed E-state index contributed by atoms with van der Waals surface area (Å²) < 4.78 is 0. The molecule has 0 saturated heterocycles. The van der Waals surface area contributed by atoms with Crippen LogP contribution in [-0.4, -0.2) is 83.1 Å². The molecule has 0 saturated carbocycles. The Kier molecular flexibility index (Phi) is 8.89. The number of anilines is 4. The number of hydrogen-bond donors (Lipinski definition) is 7. The van der Waals surface area contributed by atoms with Crippen LogP contribution in [-0.2, 0) is 11.3 Å². The first-order valence-electron chi connectivity index (χ1n) is 13.4. The summed E-state index contributed by atoms with van der Waals surface area (Å²) in [5, 5.41) is 29.4. The molecular formula is C26H28N14O4S. The number of carboxylic acids is 1. The molecule has 4 heterocycles. The van der Waals surface area contributed by atoms with E-state index in [1.165, 1.54) is 11.3 Å². The molecule has 5 aromatic rings. The third-order valence-electron chi connectivity index (χ3n) is 6.53. The summed E-state index contributed by atoms with van der Waals surface area (Å²) >= 11 is 1.19. The molecule has 18 nitrogen and oxygen atoms in total. The summed E-state index contributed by atoms with van der Waals surface area (Å²) in [6, 6.07) is 6.86. The Morgan fingerprint density at radius 2 is 1.91 bits per heavy atom. The zero-order valence-corrected chi connectivity index (χ0v) is 24.6. The maximum Gasteiger partial charge on any atom is 0.326 e. The summed E-state index contributed by atoms with van der Waals surface area (Å²) in [6.07, 6.45) is 1.91. The van der Waals surface area contributed by atoms with E-state index >= 15 is 0 Å². The van der Waals surface area contributed by atoms with Crippen molar-refractivity contribution in [3.8, 4) is 11.4 Å². The molecule has 0 unspecified atom stereocenters. The van der Waals surface area contributed by atoms with Gasteiger partial charge in [-0.3, -0.25) is 9.59 Å². The lowest BCUT2D eigenvalue weighted by Crippen LogP contribution is -2.41. The summed E-state index contributed by atoms with van der Waals surface area (Å²) in [7, 11) is 1.81. The number of nitrogens with two attached hydrogens (primary N) is 3. The number of carbonyl (C=O) groups excluding carboxylic acids is 2. The van der Waals surface area contributed by atoms with Gasteiger partial charge in [0.15, 0.2) is 17.0 Å². The van der Waals surface area contributed by atoms with Crippen molar-refractivity contribution in [3.05, 3.63) is 52.7 Å². The van der Waals surface area contributed by atoms with Crippen LogP contribution in [0.1, 0.15) is 38.6 Å². The molecule has 232 valence electrons. The van der Waals surface area contributed by atoms with Gasteiger partial charge >= 0.3 is 5.97 Å². The van der Waals surface area contributed by atoms with Gasteiger partial charge in [-0.2, -0.15) is 15.2 Å². The van der Waals surface area contributed by atoms with Crippen LogP contribution in [0.25, 0.3) is 22.6 Å². The molecule has 1 atom stereocenters. The molecular weight excluding hydrogens is 604 g/mol. The van der Waals surface area contributed by atoms with E-state index in [0.717, 1.165) is 5.00 Å². The summed E-state index contributed by atoms with van der Waals surface area (Å²) in [5.74, 6) is -1.81. The number of nitrogen functional groups attached to an aromatic ring is 3. The normalized spacial score (nSPS) is 11.7. The SMILES string of the molecule is CN(Cc1cnc2nc(N)nc(N)c2n1)c1ccc(C(=O)N[C@@H](CCCNC(=O)c2ccc(N)cc2-c2nn[nH]n2)C(=O)O)s1. The number of nitrogens with one attached hydrogen (secondary N) is 3. The average molecular weight is 633 g/mol. The Morgan fingerprint density at radius 3 is 2.67 bits per heavy atom. The smallest absolute Gasteiger partial charge is 0.326 e. The summed E-state index contributed by atoms with van der Waals surface area (Å²) in [5.41, 5.74) is 19.7. The molecule has 0 fully saturated rings. The number of tetrazole rings is 1. The van der Waals surface area contributed by atoms with Gasteiger partial charge in [0.2, 0.25) is 11.8 Å². The lowest BCUT2D eigenvalue weighted by molar-refractivity contribution is -0.139. The monoisotopic (exact) mass is 632 g/mol. The fraction of sp³-hybridized carbons (Fsp3) is 0.231. The topological polar surface area (TPSA) is 283 Å². The zero-order chi connectivity index (χ0) is 32.1. The standard InChI is InChI=1S/C26H28N14O4S/c1-40(11-13-10-31-22-19(32-13)20(28)34-26(29)35-22)18-7-6-17(45-18)24(42)33-16(25(43)44)3-2-8-30-23(41)14-5-4-12(27)9-15(14)21-36-38-39-37-21/h4-7,9-10,16H,2-3,8,11,27H2,1H3,(H,30,41)(H,33,42)(H,43,44)(H,36,37,38,39)(H4,28,29,31,34,35)/t16-/m0/s1. The number of amides is 2. The highest BCUT2D eigenvalue weighted by atomic mass is 32.1. The molecule has 10 N–H and O–H groups in total. The minimum Gasteiger partial charge on any atom is -0.480 e. The van der Waals surface area contributed by atoms with Crippen molar-refractivity contribution in [2.24, 2.45) is 0 Å². The van der Waals surface area contributed by atoms with Gasteiger partial charge in [0, 0.05) is 24.8 Å². The number of H-pyrrole nitrogens is 1. The van der Waals surface area contributed by atoms with Crippen molar-refractivity contribution in [1.82, 2.24) is 51.2 Å². The Hall–Kier alpha value is -5.98. The Balaban J connectivity index is 1.14. The third-order valence-corrected chi connectivity index (χ3v) is 7.72. The van der Waals surface area contributed by atoms with Crippen molar-refractivity contribution in [3.63, 3.8) is 0 Å². The molecule has 4 aromatic heterocycles. The number of carbonyl (C=O) groups is 3. The van der Waals surface area contributed by atoms with E-state index in [1.807, 2.05) is 11.9 Å². The van der Waals surface area contributed by atoms with Crippen molar-refractivity contribution >= 4 is 62.7 Å². The van der Waals surface area contributed by atoms with Crippen LogP contribution in [0.2, 0.25) is 0 Å². The summed E-state index contributed by atoms with van der Waals surface area (Å²) in [4.78, 5) is 56.5. The first-order valence-corrected chi connectivity index (χ1v) is 14.2. The number of nitrogens with zero attached hydrogens (tertiary/aromatic N) is 8. The molecule has 0 aliphatic heterocycles. The quantitative estimate of drug-likeness (QED) is 0.0725. The van der Waals surface area contributed by atoms with Gasteiger partial charge in [0.1, 0.15) is 6.04 Å². The van der Waals surface area contributed by atoms with Crippen LogP contribution < -0.4 is 32.7 Å². The molecule has 1 aromatic carbocycles. The van der Waals surface area contributed by atoms with Gasteiger partial charge in [-0.25, -0.2) is 14.8 Å². The highest BCUT2D eigenvalue weighted by Crippen LogP contribution is 2.27. The largest absolute Gasteiger partial charge is 0.480 e. The fourth-order valence-corrected chi connectivity index (χ4v) is 5.22. The molecule has 0 bridgehead atoms. The van der Waals surface area contributed by atoms with Crippen LogP contribution in [0.15, 0.2) is 36.5 Å². The van der Waals surface area contributed by atoms with Crippen LogP contribution in [0.5, 0.6) is 0 Å². The number of thiophene rings is 1. The average Bonchev–Trinajstić information content (AvgIpc) is 3.72. The Labute approximate surface area is 258 Å². The minimum absolute atomic E-state index is 0.00568. The van der Waals surface area contributed by atoms with Crippen molar-refractivity contribution < 1.29 is 19.5 Å². The van der Waals surface area contributed by atoms with Gasteiger partial charge in [0.25, 0.3) is 11.8 Å². The van der Waals surface area contributed by atoms with E-state index in [9.17, 15) is 19.5 Å². The highest BCUT2D eigenvalue weighted by molar-refractivity contribution is 7.18. The maximum atomic E-state index is 12.9. The molecule has 5 rings (SSSR count). The van der Waals surface area contributed by atoms with Crippen LogP contribution in [0.4, 0.5) is 22.5 Å². The van der Waals surface area contributed by atoms with Gasteiger partial charge < -0.3 is 37.8 Å². The molecule has 2 amide bonds. The lowest BCUT2D eigenvalue weighted by atomic mass is 10.0.